The van der Waals surface area contributed by atoms with Gasteiger partial charge in [0.1, 0.15) is 0 Å². The Labute approximate surface area is 365 Å². The maximum atomic E-state index is 8.42. The Kier molecular flexibility index (Phi) is 643. The summed E-state index contributed by atoms with van der Waals surface area (Å²) in [5.74, 6) is 0. The van der Waals surface area contributed by atoms with E-state index in [-0.39, 0.29) is 308 Å². The molecule has 16 nitrogen and oxygen atoms in total. The van der Waals surface area contributed by atoms with Crippen LogP contribution in [0.15, 0.2) is 0 Å². The summed E-state index contributed by atoms with van der Waals surface area (Å²) in [7, 11) is -8.75. The quantitative estimate of drug-likeness (QED) is 0.253. The van der Waals surface area contributed by atoms with Crippen molar-refractivity contribution in [1.29, 1.82) is 0 Å². The van der Waals surface area contributed by atoms with Crippen molar-refractivity contribution in [2.24, 2.45) is 0 Å². The van der Waals surface area contributed by atoms with Gasteiger partial charge in [0.05, 0.1) is 0 Å². The molecule has 0 aromatic carbocycles. The molecule has 0 aliphatic rings. The summed E-state index contributed by atoms with van der Waals surface area (Å²) < 4.78 is 0. The standard InChI is InChI=1S/3BO3.4Ca.4Na.7H2O/c3*2-1(3)4;;;;;;;;;;;;;;;/h;;;;;;;;;;;7*1H2/q3*-3;4*+2;4*+1;;;;;;;/p-3. The van der Waals surface area contributed by atoms with Gasteiger partial charge in [0, 0.05) is 0 Å². The first-order valence-corrected chi connectivity index (χ1v) is 2.12. The first kappa shape index (κ1) is 138. The van der Waals surface area contributed by atoms with E-state index in [4.69, 9.17) is 45.2 Å². The van der Waals surface area contributed by atoms with Crippen LogP contribution < -0.4 is 163 Å². The average molecular weight is 552 g/mol. The normalized spacial score (nSPS) is 3.00. The molecule has 0 unspecified atom stereocenters. The van der Waals surface area contributed by atoms with E-state index >= 15 is 0 Å². The molecule has 0 saturated carbocycles. The zero-order valence-electron chi connectivity index (χ0n) is 15.6. The van der Waals surface area contributed by atoms with Crippen LogP contribution in [-0.2, 0) is 0 Å². The van der Waals surface area contributed by atoms with Gasteiger partial charge in [-0.3, -0.25) is 22.0 Å². The Morgan fingerprint density at radius 1 is 0.296 bits per heavy atom. The number of hydrogen-bond acceptors (Lipinski definition) is 12. The summed E-state index contributed by atoms with van der Waals surface area (Å²) in [6.07, 6.45) is 0. The summed E-state index contributed by atoms with van der Waals surface area (Å²) in [6, 6.07) is 0. The molecule has 0 heterocycles. The Hall–Kier alpha value is 8.59. The summed E-state index contributed by atoms with van der Waals surface area (Å²) in [5, 5.41) is 75.8. The van der Waals surface area contributed by atoms with Crippen molar-refractivity contribution in [3.05, 3.63) is 0 Å². The molecule has 0 amide bonds. The second-order valence-corrected chi connectivity index (χ2v) is 0.866. The third-order valence-electron chi connectivity index (χ3n) is 0. The van der Waals surface area contributed by atoms with Gasteiger partial charge in [0.2, 0.25) is 0 Å². The molecular formula is H11B3Ca4Na4O16. The van der Waals surface area contributed by atoms with Gasteiger partial charge in [-0.15, -0.1) is 0 Å². The molecule has 27 heteroatoms. The van der Waals surface area contributed by atoms with E-state index in [1.54, 1.807) is 0 Å². The summed E-state index contributed by atoms with van der Waals surface area (Å²) >= 11 is 0. The largest absolute Gasteiger partial charge is 2.00 e. The van der Waals surface area contributed by atoms with E-state index in [1.807, 2.05) is 0 Å². The molecule has 128 valence electrons. The van der Waals surface area contributed by atoms with E-state index in [0.717, 1.165) is 0 Å². The molecule has 0 fully saturated rings. The Morgan fingerprint density at radius 3 is 0.296 bits per heavy atom. The van der Waals surface area contributed by atoms with Crippen LogP contribution in [0.3, 0.4) is 0 Å². The average Bonchev–Trinajstić information content (AvgIpc) is 1.54. The Morgan fingerprint density at radius 2 is 0.296 bits per heavy atom. The zero-order chi connectivity index (χ0) is 10.7. The van der Waals surface area contributed by atoms with E-state index < -0.39 is 22.0 Å². The van der Waals surface area contributed by atoms with Gasteiger partial charge in [-0.25, -0.2) is 0 Å². The summed E-state index contributed by atoms with van der Waals surface area (Å²) in [4.78, 5) is 0. The molecule has 27 heavy (non-hydrogen) atoms. The first-order valence-electron chi connectivity index (χ1n) is 2.12. The molecular weight excluding hydrogens is 541 g/mol. The minimum atomic E-state index is -2.92. The van der Waals surface area contributed by atoms with Gasteiger partial charge >= 0.3 is 269 Å². The van der Waals surface area contributed by atoms with Crippen LogP contribution in [0, 0.1) is 0 Å². The van der Waals surface area contributed by atoms with Crippen LogP contribution in [0.4, 0.5) is 0 Å². The molecule has 0 radical (unpaired) electrons. The van der Waals surface area contributed by atoms with Crippen molar-refractivity contribution in [2.45, 2.75) is 0 Å². The molecule has 0 aromatic rings. The van der Waals surface area contributed by atoms with Gasteiger partial charge in [0.15, 0.2) is 0 Å². The van der Waals surface area contributed by atoms with E-state index in [0.29, 0.717) is 0 Å². The minimum absolute atomic E-state index is 0. The third-order valence-corrected chi connectivity index (χ3v) is 0. The van der Waals surface area contributed by atoms with Crippen LogP contribution >= 0.6 is 0 Å². The third kappa shape index (κ3) is 498. The van der Waals surface area contributed by atoms with Crippen LogP contribution in [-0.4, -0.2) is 211 Å². The van der Waals surface area contributed by atoms with Crippen LogP contribution in [0.1, 0.15) is 0 Å². The predicted molar refractivity (Wildman–Crippen MR) is 60.5 cm³/mol. The molecule has 11 N–H and O–H groups in total. The molecule has 0 aromatic heterocycles. The van der Waals surface area contributed by atoms with E-state index in [2.05, 4.69) is 0 Å². The minimum Gasteiger partial charge on any atom is -0.907 e. The SMILES string of the molecule is O.O.O.O.[Ca+2].[Ca+2].[Ca+2].[Ca+2].[Na+].[Na+].[Na+].[Na+].[O-]B([O-])[O-].[O-]B([O-])[O-].[O-]B([O-])[O-].[OH-].[OH-].[OH-]. The van der Waals surface area contributed by atoms with E-state index in [9.17, 15) is 0 Å². The maximum Gasteiger partial charge on any atom is 2.00 e. The van der Waals surface area contributed by atoms with Crippen molar-refractivity contribution in [2.75, 3.05) is 0 Å². The smallest absolute Gasteiger partial charge is 0.907 e. The molecule has 0 aliphatic heterocycles. The molecule has 0 bridgehead atoms. The van der Waals surface area contributed by atoms with Gasteiger partial charge in [0.25, 0.3) is 0 Å². The first-order chi connectivity index (χ1) is 5.20. The number of hydrogen-bond donors (Lipinski definition) is 0. The zero-order valence-corrected chi connectivity index (χ0v) is 32.4. The molecule has 0 atom stereocenters. The fourth-order valence-corrected chi connectivity index (χ4v) is 0. The van der Waals surface area contributed by atoms with Crippen molar-refractivity contribution in [3.63, 3.8) is 0 Å². The Bertz CT molecular complexity index is 72.2. The fourth-order valence-electron chi connectivity index (χ4n) is 0. The van der Waals surface area contributed by atoms with E-state index in [1.165, 1.54) is 0 Å². The van der Waals surface area contributed by atoms with Crippen LogP contribution in [0.2, 0.25) is 0 Å². The topological polar surface area (TPSA) is 424 Å². The Balaban J connectivity index is -0.00000000220. The van der Waals surface area contributed by atoms with Crippen molar-refractivity contribution in [1.82, 2.24) is 0 Å². The second-order valence-electron chi connectivity index (χ2n) is 0.866. The summed E-state index contributed by atoms with van der Waals surface area (Å²) in [5.41, 5.74) is 0. The molecule has 0 rings (SSSR count). The molecule has 0 aliphatic carbocycles. The van der Waals surface area contributed by atoms with Crippen molar-refractivity contribution in [3.8, 4) is 0 Å². The monoisotopic (exact) mass is 552 g/mol. The van der Waals surface area contributed by atoms with Crippen molar-refractivity contribution >= 4 is 173 Å². The molecule has 0 saturated heterocycles. The van der Waals surface area contributed by atoms with Crippen LogP contribution in [0.5, 0.6) is 0 Å². The summed E-state index contributed by atoms with van der Waals surface area (Å²) in [6.45, 7) is 0. The van der Waals surface area contributed by atoms with Crippen molar-refractivity contribution < 1.29 is 202 Å². The second kappa shape index (κ2) is 126. The van der Waals surface area contributed by atoms with Gasteiger partial charge in [-0.1, -0.05) is 0 Å². The molecule has 0 spiro atoms. The fraction of sp³-hybridized carbons (Fsp3) is 0. The van der Waals surface area contributed by atoms with Gasteiger partial charge in [-0.2, -0.15) is 0 Å². The maximum absolute atomic E-state index is 8.42. The van der Waals surface area contributed by atoms with Gasteiger partial charge < -0.3 is 83.5 Å². The van der Waals surface area contributed by atoms with Crippen LogP contribution in [0.25, 0.3) is 0 Å². The predicted octanol–water partition coefficient (Wildman–Crippen LogP) is -29.2. The van der Waals surface area contributed by atoms with Gasteiger partial charge in [-0.05, 0) is 0 Å². The number of rotatable bonds is 0.